The third-order valence-corrected chi connectivity index (χ3v) is 11.4. The lowest BCUT2D eigenvalue weighted by atomic mass is 9.67. The third kappa shape index (κ3) is 7.10. The molecule has 0 fully saturated rings. The van der Waals surface area contributed by atoms with Gasteiger partial charge in [0, 0.05) is 16.2 Å². The van der Waals surface area contributed by atoms with E-state index >= 15 is 0 Å². The maximum Gasteiger partial charge on any atom is 0.241 e. The summed E-state index contributed by atoms with van der Waals surface area (Å²) in [7, 11) is -1.52. The third-order valence-electron chi connectivity index (χ3n) is 10.0. The van der Waals surface area contributed by atoms with E-state index in [1.165, 1.54) is 0 Å². The molecule has 0 saturated heterocycles. The summed E-state index contributed by atoms with van der Waals surface area (Å²) in [5.41, 5.74) is -0.0861. The minimum absolute atomic E-state index is 0.0118. The number of alkyl halides is 1. The van der Waals surface area contributed by atoms with Crippen LogP contribution in [0, 0.1) is 32.5 Å². The molecule has 0 heterocycles. The molecule has 0 aromatic rings. The second-order valence-corrected chi connectivity index (χ2v) is 19.7. The Balaban J connectivity index is 0.000000289. The molecule has 0 aliphatic heterocycles. The highest BCUT2D eigenvalue weighted by molar-refractivity contribution is 9.09. The number of ketones is 2. The summed E-state index contributed by atoms with van der Waals surface area (Å²) in [5, 5.41) is 0.467. The van der Waals surface area contributed by atoms with Gasteiger partial charge in [-0.25, -0.2) is 0 Å². The average molecular weight is 608 g/mol. The second-order valence-electron chi connectivity index (χ2n) is 14.7. The fourth-order valence-corrected chi connectivity index (χ4v) is 6.87. The van der Waals surface area contributed by atoms with Crippen LogP contribution in [0.1, 0.15) is 88.5 Å². The lowest BCUT2D eigenvalue weighted by molar-refractivity contribution is -0.129. The molecule has 0 aromatic heterocycles. The number of Topliss-reactive ketones (excluding diaryl/α,β-unsaturated/α-hetero) is 2. The van der Waals surface area contributed by atoms with Gasteiger partial charge in [0.05, 0.1) is 11.1 Å². The van der Waals surface area contributed by atoms with Gasteiger partial charge in [-0.1, -0.05) is 121 Å². The molecule has 3 aliphatic rings. The van der Waals surface area contributed by atoms with Gasteiger partial charge in [0.25, 0.3) is 0 Å². The fraction of sp³-hybridized carbons (Fsp3) is 0.697. The molecule has 3 rings (SSSR count). The quantitative estimate of drug-likeness (QED) is 0.131. The van der Waals surface area contributed by atoms with Gasteiger partial charge in [-0.2, -0.15) is 0 Å². The molecule has 0 N–H and O–H groups in total. The highest BCUT2D eigenvalue weighted by atomic mass is 79.9. The van der Waals surface area contributed by atoms with E-state index in [4.69, 9.17) is 4.43 Å². The number of allylic oxidation sites excluding steroid dienone is 7. The van der Waals surface area contributed by atoms with Crippen LogP contribution >= 0.6 is 15.9 Å². The molecule has 0 bridgehead atoms. The minimum Gasteiger partial charge on any atom is -0.547 e. The number of carbonyl (C=O) groups excluding carboxylic acids is 2. The van der Waals surface area contributed by atoms with Gasteiger partial charge in [0.1, 0.15) is 11.6 Å². The topological polar surface area (TPSA) is 43.4 Å². The monoisotopic (exact) mass is 606 g/mol. The summed E-state index contributed by atoms with van der Waals surface area (Å²) in [6, 6.07) is 0. The van der Waals surface area contributed by atoms with Crippen LogP contribution in [-0.4, -0.2) is 25.2 Å². The van der Waals surface area contributed by atoms with Gasteiger partial charge < -0.3 is 4.43 Å². The number of rotatable bonds is 6. The second kappa shape index (κ2) is 11.7. The molecule has 0 radical (unpaired) electrons. The molecule has 0 unspecified atom stereocenters. The molecule has 0 amide bonds. The Labute approximate surface area is 243 Å². The first-order chi connectivity index (χ1) is 16.9. The number of hydrogen-bond donors (Lipinski definition) is 0. The van der Waals surface area contributed by atoms with E-state index in [1.54, 1.807) is 6.92 Å². The molecule has 38 heavy (non-hydrogen) atoms. The zero-order valence-corrected chi connectivity index (χ0v) is 29.2. The Hall–Kier alpha value is -1.20. The SMILES string of the molecule is C=C(O[Si](C)(C)C)[C@]1(C)CC=CC1(C)C.CC(=O)[C@]1(C)CC=CC1(C)C.CC1(C)C=CC[C@@]1(C)C(=O)CBr. The van der Waals surface area contributed by atoms with Crippen LogP contribution in [0.15, 0.2) is 48.8 Å². The summed E-state index contributed by atoms with van der Waals surface area (Å²) >= 11 is 3.23. The zero-order valence-electron chi connectivity index (χ0n) is 26.6. The van der Waals surface area contributed by atoms with E-state index in [1.807, 2.05) is 0 Å². The molecule has 3 nitrogen and oxygen atoms in total. The highest BCUT2D eigenvalue weighted by Crippen LogP contribution is 2.53. The van der Waals surface area contributed by atoms with Crippen LogP contribution in [0.2, 0.25) is 19.6 Å². The Bertz CT molecular complexity index is 994. The normalized spacial score (nSPS) is 31.6. The van der Waals surface area contributed by atoms with Crippen LogP contribution in [0.25, 0.3) is 0 Å². The van der Waals surface area contributed by atoms with E-state index in [2.05, 4.69) is 141 Å². The van der Waals surface area contributed by atoms with Gasteiger partial charge in [-0.15, -0.1) is 0 Å². The standard InChI is InChI=1S/C13H24OSi.C10H15BrO.C10H16O/c1-11(14-15(5,6)7)13(4)10-8-9-12(13,2)3;1-9(2)5-4-6-10(9,3)8(12)7-11;1-8(11)10(4)7-5-6-9(10,2)3/h8-9H,1,10H2,2-7H3;4-5H,6-7H2,1-3H3;5-6H,7H2,1-4H3/t13-;2*10-/m000/s1. The predicted molar refractivity (Wildman–Crippen MR) is 170 cm³/mol. The molecule has 3 atom stereocenters. The molecular weight excluding hydrogens is 552 g/mol. The van der Waals surface area contributed by atoms with Crippen LogP contribution in [0.5, 0.6) is 0 Å². The summed E-state index contributed by atoms with van der Waals surface area (Å²) < 4.78 is 6.06. The zero-order chi connectivity index (χ0) is 30.0. The van der Waals surface area contributed by atoms with Crippen molar-refractivity contribution in [2.24, 2.45) is 32.5 Å². The number of hydrogen-bond acceptors (Lipinski definition) is 3. The van der Waals surface area contributed by atoms with Crippen molar-refractivity contribution in [2.45, 2.75) is 108 Å². The van der Waals surface area contributed by atoms with Gasteiger partial charge in [0.15, 0.2) is 0 Å². The molecule has 0 aromatic carbocycles. The number of halogens is 1. The first kappa shape index (κ1) is 34.8. The van der Waals surface area contributed by atoms with Crippen molar-refractivity contribution >= 4 is 35.8 Å². The summed E-state index contributed by atoms with van der Waals surface area (Å²) in [4.78, 5) is 23.0. The summed E-state index contributed by atoms with van der Waals surface area (Å²) in [5.74, 6) is 1.57. The van der Waals surface area contributed by atoms with Gasteiger partial charge in [-0.3, -0.25) is 9.59 Å². The largest absolute Gasteiger partial charge is 0.547 e. The van der Waals surface area contributed by atoms with Crippen molar-refractivity contribution in [3.63, 3.8) is 0 Å². The van der Waals surface area contributed by atoms with Gasteiger partial charge in [-0.05, 0) is 62.1 Å². The number of carbonyl (C=O) groups is 2. The Kier molecular flexibility index (Phi) is 10.7. The maximum absolute atomic E-state index is 11.7. The highest BCUT2D eigenvalue weighted by Gasteiger charge is 2.47. The van der Waals surface area contributed by atoms with E-state index in [9.17, 15) is 9.59 Å². The van der Waals surface area contributed by atoms with Crippen molar-refractivity contribution in [1.29, 1.82) is 0 Å². The maximum atomic E-state index is 11.7. The molecule has 216 valence electrons. The smallest absolute Gasteiger partial charge is 0.241 e. The van der Waals surface area contributed by atoms with Crippen LogP contribution in [0.4, 0.5) is 0 Å². The Morgan fingerprint density at radius 2 is 1.08 bits per heavy atom. The Morgan fingerprint density at radius 3 is 1.32 bits per heavy atom. The van der Waals surface area contributed by atoms with E-state index in [-0.39, 0.29) is 32.5 Å². The van der Waals surface area contributed by atoms with Crippen LogP contribution in [-0.2, 0) is 14.0 Å². The predicted octanol–water partition coefficient (Wildman–Crippen LogP) is 9.85. The van der Waals surface area contributed by atoms with Crippen molar-refractivity contribution in [2.75, 3.05) is 5.33 Å². The minimum atomic E-state index is -1.52. The first-order valence-electron chi connectivity index (χ1n) is 13.9. The lowest BCUT2D eigenvalue weighted by Crippen LogP contribution is -2.38. The van der Waals surface area contributed by atoms with Crippen molar-refractivity contribution in [3.05, 3.63) is 48.8 Å². The van der Waals surface area contributed by atoms with E-state index in [0.29, 0.717) is 16.9 Å². The molecular formula is C33H55BrO3Si. The van der Waals surface area contributed by atoms with Gasteiger partial charge >= 0.3 is 0 Å². The first-order valence-corrected chi connectivity index (χ1v) is 18.5. The van der Waals surface area contributed by atoms with Crippen molar-refractivity contribution in [3.8, 4) is 0 Å². The lowest BCUT2D eigenvalue weighted by Gasteiger charge is -2.41. The van der Waals surface area contributed by atoms with Gasteiger partial charge in [0.2, 0.25) is 8.32 Å². The molecule has 3 aliphatic carbocycles. The molecule has 0 spiro atoms. The average Bonchev–Trinajstić information content (AvgIpc) is 3.32. The van der Waals surface area contributed by atoms with E-state index < -0.39 is 8.32 Å². The summed E-state index contributed by atoms with van der Waals surface area (Å²) in [6.07, 6.45) is 15.9. The van der Waals surface area contributed by atoms with Crippen LogP contribution in [0.3, 0.4) is 0 Å². The fourth-order valence-electron chi connectivity index (χ4n) is 5.28. The van der Waals surface area contributed by atoms with Crippen molar-refractivity contribution < 1.29 is 14.0 Å². The molecule has 5 heteroatoms. The summed E-state index contributed by atoms with van der Waals surface area (Å²) in [6.45, 7) is 31.8. The van der Waals surface area contributed by atoms with Crippen LogP contribution < -0.4 is 0 Å². The van der Waals surface area contributed by atoms with Crippen molar-refractivity contribution in [1.82, 2.24) is 0 Å². The molecule has 0 saturated carbocycles. The van der Waals surface area contributed by atoms with E-state index in [0.717, 1.165) is 25.0 Å². The Morgan fingerprint density at radius 1 is 0.737 bits per heavy atom.